The molecule has 1 aromatic heterocycles. The summed E-state index contributed by atoms with van der Waals surface area (Å²) < 4.78 is 6.56. The van der Waals surface area contributed by atoms with Crippen LogP contribution in [0.2, 0.25) is 0 Å². The zero-order valence-corrected chi connectivity index (χ0v) is 12.3. The summed E-state index contributed by atoms with van der Waals surface area (Å²) in [5.41, 5.74) is 0. The van der Waals surface area contributed by atoms with E-state index in [1.807, 2.05) is 7.05 Å². The first-order valence-electron chi connectivity index (χ1n) is 6.30. The molecule has 1 aromatic rings. The van der Waals surface area contributed by atoms with Gasteiger partial charge < -0.3 is 15.4 Å². The summed E-state index contributed by atoms with van der Waals surface area (Å²) in [7, 11) is 1.84. The quantitative estimate of drug-likeness (QED) is 0.874. The molecule has 1 saturated heterocycles. The van der Waals surface area contributed by atoms with Gasteiger partial charge in [0.05, 0.1) is 6.10 Å². The molecule has 0 aromatic carbocycles. The standard InChI is InChI=1S/C12H19BrN4O/c1-3-9-8(4-5-18-9)6-15-12-10(13)11(14-2)16-7-17-12/h7-9H,3-6H2,1-2H3,(H2,14,15,16,17). The van der Waals surface area contributed by atoms with Gasteiger partial charge in [0.2, 0.25) is 0 Å². The van der Waals surface area contributed by atoms with Crippen LogP contribution >= 0.6 is 15.9 Å². The number of nitrogens with zero attached hydrogens (tertiary/aromatic N) is 2. The Kier molecular flexibility index (Phi) is 4.77. The molecule has 2 atom stereocenters. The highest BCUT2D eigenvalue weighted by molar-refractivity contribution is 9.10. The number of anilines is 2. The number of aromatic nitrogens is 2. The second kappa shape index (κ2) is 6.33. The second-order valence-corrected chi connectivity index (χ2v) is 5.18. The van der Waals surface area contributed by atoms with Crippen molar-refractivity contribution < 1.29 is 4.74 Å². The summed E-state index contributed by atoms with van der Waals surface area (Å²) in [6.45, 7) is 3.93. The SMILES string of the molecule is CCC1OCCC1CNc1ncnc(NC)c1Br. The minimum Gasteiger partial charge on any atom is -0.378 e. The lowest BCUT2D eigenvalue weighted by atomic mass is 10.00. The Morgan fingerprint density at radius 1 is 1.44 bits per heavy atom. The molecule has 0 aliphatic carbocycles. The van der Waals surface area contributed by atoms with E-state index in [1.165, 1.54) is 0 Å². The van der Waals surface area contributed by atoms with E-state index in [4.69, 9.17) is 4.74 Å². The van der Waals surface area contributed by atoms with Gasteiger partial charge in [-0.15, -0.1) is 0 Å². The third-order valence-corrected chi connectivity index (χ3v) is 4.06. The van der Waals surface area contributed by atoms with Gasteiger partial charge >= 0.3 is 0 Å². The van der Waals surface area contributed by atoms with Crippen molar-refractivity contribution >= 4 is 27.6 Å². The summed E-state index contributed by atoms with van der Waals surface area (Å²) in [4.78, 5) is 8.38. The van der Waals surface area contributed by atoms with Crippen LogP contribution in [0.25, 0.3) is 0 Å². The Bertz CT molecular complexity index is 402. The fourth-order valence-corrected chi connectivity index (χ4v) is 2.82. The molecule has 2 heterocycles. The van der Waals surface area contributed by atoms with E-state index in [1.54, 1.807) is 6.33 Å². The molecule has 0 bridgehead atoms. The summed E-state index contributed by atoms with van der Waals surface area (Å²) in [6, 6.07) is 0. The second-order valence-electron chi connectivity index (χ2n) is 4.38. The molecule has 2 N–H and O–H groups in total. The minimum atomic E-state index is 0.377. The van der Waals surface area contributed by atoms with Crippen LogP contribution < -0.4 is 10.6 Å². The van der Waals surface area contributed by atoms with Gasteiger partial charge in [-0.3, -0.25) is 0 Å². The topological polar surface area (TPSA) is 59.1 Å². The molecule has 0 spiro atoms. The lowest BCUT2D eigenvalue weighted by molar-refractivity contribution is 0.0900. The van der Waals surface area contributed by atoms with Crippen LogP contribution in [0, 0.1) is 5.92 Å². The van der Waals surface area contributed by atoms with Gasteiger partial charge in [0.1, 0.15) is 22.4 Å². The van der Waals surface area contributed by atoms with Gasteiger partial charge in [0.15, 0.2) is 0 Å². The van der Waals surface area contributed by atoms with Gasteiger partial charge in [-0.1, -0.05) is 6.92 Å². The van der Waals surface area contributed by atoms with Crippen LogP contribution in [0.15, 0.2) is 10.8 Å². The molecule has 6 heteroatoms. The fraction of sp³-hybridized carbons (Fsp3) is 0.667. The van der Waals surface area contributed by atoms with E-state index >= 15 is 0 Å². The van der Waals surface area contributed by atoms with Crippen LogP contribution in [0.5, 0.6) is 0 Å². The van der Waals surface area contributed by atoms with E-state index in [9.17, 15) is 0 Å². The van der Waals surface area contributed by atoms with Crippen LogP contribution in [0.1, 0.15) is 19.8 Å². The molecule has 5 nitrogen and oxygen atoms in total. The highest BCUT2D eigenvalue weighted by Crippen LogP contribution is 2.28. The lowest BCUT2D eigenvalue weighted by Crippen LogP contribution is -2.23. The number of halogens is 1. The first-order valence-corrected chi connectivity index (χ1v) is 7.09. The molecular formula is C12H19BrN4O. The summed E-state index contributed by atoms with van der Waals surface area (Å²) in [5, 5.41) is 6.40. The largest absolute Gasteiger partial charge is 0.378 e. The summed E-state index contributed by atoms with van der Waals surface area (Å²) in [5.74, 6) is 2.19. The summed E-state index contributed by atoms with van der Waals surface area (Å²) in [6.07, 6.45) is 4.12. The molecule has 1 aliphatic heterocycles. The van der Waals surface area contributed by atoms with Gasteiger partial charge in [-0.25, -0.2) is 9.97 Å². The maximum Gasteiger partial charge on any atom is 0.145 e. The fourth-order valence-electron chi connectivity index (χ4n) is 2.27. The molecular weight excluding hydrogens is 296 g/mol. The van der Waals surface area contributed by atoms with Crippen molar-refractivity contribution in [2.24, 2.45) is 5.92 Å². The molecule has 2 rings (SSSR count). The maximum atomic E-state index is 5.68. The van der Waals surface area contributed by atoms with Crippen LogP contribution in [0.4, 0.5) is 11.6 Å². The molecule has 100 valence electrons. The van der Waals surface area contributed by atoms with E-state index in [2.05, 4.69) is 43.5 Å². The van der Waals surface area contributed by atoms with Gasteiger partial charge in [0.25, 0.3) is 0 Å². The van der Waals surface area contributed by atoms with Crippen molar-refractivity contribution in [1.29, 1.82) is 0 Å². The predicted molar refractivity (Wildman–Crippen MR) is 75.9 cm³/mol. The van der Waals surface area contributed by atoms with Crippen molar-refractivity contribution in [2.75, 3.05) is 30.8 Å². The Hall–Kier alpha value is -0.880. The van der Waals surface area contributed by atoms with Crippen LogP contribution in [-0.4, -0.2) is 36.3 Å². The van der Waals surface area contributed by atoms with Crippen molar-refractivity contribution in [3.05, 3.63) is 10.8 Å². The third-order valence-electron chi connectivity index (χ3n) is 3.31. The average molecular weight is 315 g/mol. The van der Waals surface area contributed by atoms with Gasteiger partial charge in [-0.05, 0) is 28.8 Å². The molecule has 1 aliphatic rings. The van der Waals surface area contributed by atoms with Crippen molar-refractivity contribution in [3.63, 3.8) is 0 Å². The molecule has 0 radical (unpaired) electrons. The third kappa shape index (κ3) is 2.92. The predicted octanol–water partition coefficient (Wildman–Crippen LogP) is 2.51. The van der Waals surface area contributed by atoms with E-state index in [0.717, 1.165) is 42.1 Å². The van der Waals surface area contributed by atoms with E-state index in [0.29, 0.717) is 12.0 Å². The Balaban J connectivity index is 1.98. The van der Waals surface area contributed by atoms with Gasteiger partial charge in [-0.2, -0.15) is 0 Å². The zero-order valence-electron chi connectivity index (χ0n) is 10.7. The monoisotopic (exact) mass is 314 g/mol. The normalized spacial score (nSPS) is 23.1. The van der Waals surface area contributed by atoms with Crippen LogP contribution in [0.3, 0.4) is 0 Å². The molecule has 0 amide bonds. The molecule has 2 unspecified atom stereocenters. The van der Waals surface area contributed by atoms with E-state index in [-0.39, 0.29) is 0 Å². The number of ether oxygens (including phenoxy) is 1. The average Bonchev–Trinajstić information content (AvgIpc) is 2.85. The van der Waals surface area contributed by atoms with E-state index < -0.39 is 0 Å². The molecule has 0 saturated carbocycles. The van der Waals surface area contributed by atoms with Crippen molar-refractivity contribution in [3.8, 4) is 0 Å². The first-order chi connectivity index (χ1) is 8.76. The number of hydrogen-bond acceptors (Lipinski definition) is 5. The Labute approximate surface area is 116 Å². The molecule has 18 heavy (non-hydrogen) atoms. The Morgan fingerprint density at radius 2 is 2.22 bits per heavy atom. The maximum absolute atomic E-state index is 5.68. The molecule has 1 fully saturated rings. The van der Waals surface area contributed by atoms with Crippen LogP contribution in [-0.2, 0) is 4.74 Å². The van der Waals surface area contributed by atoms with Crippen molar-refractivity contribution in [1.82, 2.24) is 9.97 Å². The Morgan fingerprint density at radius 3 is 2.94 bits per heavy atom. The smallest absolute Gasteiger partial charge is 0.145 e. The van der Waals surface area contributed by atoms with Crippen molar-refractivity contribution in [2.45, 2.75) is 25.9 Å². The minimum absolute atomic E-state index is 0.377. The highest BCUT2D eigenvalue weighted by atomic mass is 79.9. The highest BCUT2D eigenvalue weighted by Gasteiger charge is 2.26. The first kappa shape index (κ1) is 13.5. The number of nitrogens with one attached hydrogen (secondary N) is 2. The number of rotatable bonds is 5. The summed E-state index contributed by atoms with van der Waals surface area (Å²) >= 11 is 3.50. The zero-order chi connectivity index (χ0) is 13.0. The number of hydrogen-bond donors (Lipinski definition) is 2. The van der Waals surface area contributed by atoms with Gasteiger partial charge in [0, 0.05) is 26.1 Å². The lowest BCUT2D eigenvalue weighted by Gasteiger charge is -2.18.